The number of aromatic nitrogens is 2. The number of aliphatic carboxylic acids is 1. The summed E-state index contributed by atoms with van der Waals surface area (Å²) < 4.78 is 0. The minimum Gasteiger partial charge on any atom is -0.480 e. The molecule has 0 aliphatic heterocycles. The standard InChI is InChI=1S/C15H24N6O7/c1-7(23)12(15(28)18-4-11(24)25)21-14(27)10(5-22)20-13(26)9(16)2-8-3-17-6-19-8/h3,6-7,9-10,12,22-23H,2,4-5,16H2,1H3,(H,17,19)(H,18,28)(H,20,26)(H,21,27)(H,24,25). The summed E-state index contributed by atoms with van der Waals surface area (Å²) >= 11 is 0. The molecule has 156 valence electrons. The molecule has 13 heteroatoms. The Hall–Kier alpha value is -3.03. The van der Waals surface area contributed by atoms with Crippen molar-refractivity contribution in [3.05, 3.63) is 18.2 Å². The van der Waals surface area contributed by atoms with Gasteiger partial charge in [-0.1, -0.05) is 0 Å². The highest BCUT2D eigenvalue weighted by molar-refractivity contribution is 5.94. The summed E-state index contributed by atoms with van der Waals surface area (Å²) in [4.78, 5) is 53.4. The van der Waals surface area contributed by atoms with Gasteiger partial charge in [-0.05, 0) is 6.92 Å². The second kappa shape index (κ2) is 11.0. The Morgan fingerprint density at radius 2 is 1.89 bits per heavy atom. The number of aliphatic hydroxyl groups is 2. The molecular formula is C15H24N6O7. The molecule has 13 nitrogen and oxygen atoms in total. The molecule has 9 N–H and O–H groups in total. The smallest absolute Gasteiger partial charge is 0.322 e. The average molecular weight is 400 g/mol. The lowest BCUT2D eigenvalue weighted by Crippen LogP contribution is -2.59. The maximum atomic E-state index is 12.3. The van der Waals surface area contributed by atoms with Crippen LogP contribution in [-0.2, 0) is 25.6 Å². The molecular weight excluding hydrogens is 376 g/mol. The molecule has 0 bridgehead atoms. The molecule has 0 spiro atoms. The first-order valence-electron chi connectivity index (χ1n) is 8.27. The predicted molar refractivity (Wildman–Crippen MR) is 93.5 cm³/mol. The number of carbonyl (C=O) groups excluding carboxylic acids is 3. The number of nitrogens with zero attached hydrogens (tertiary/aromatic N) is 1. The van der Waals surface area contributed by atoms with Crippen molar-refractivity contribution in [3.8, 4) is 0 Å². The summed E-state index contributed by atoms with van der Waals surface area (Å²) in [6.45, 7) is -0.295. The zero-order chi connectivity index (χ0) is 21.3. The largest absolute Gasteiger partial charge is 0.480 e. The number of carboxylic acids is 1. The van der Waals surface area contributed by atoms with Gasteiger partial charge in [-0.25, -0.2) is 4.98 Å². The van der Waals surface area contributed by atoms with E-state index in [1.54, 1.807) is 0 Å². The highest BCUT2D eigenvalue weighted by Crippen LogP contribution is 1.99. The number of nitrogens with two attached hydrogens (primary N) is 1. The van der Waals surface area contributed by atoms with E-state index in [4.69, 9.17) is 10.8 Å². The number of H-pyrrole nitrogens is 1. The molecule has 1 rings (SSSR count). The van der Waals surface area contributed by atoms with Gasteiger partial charge in [-0.15, -0.1) is 0 Å². The Bertz CT molecular complexity index is 678. The lowest BCUT2D eigenvalue weighted by molar-refractivity contribution is -0.139. The lowest BCUT2D eigenvalue weighted by atomic mass is 10.1. The van der Waals surface area contributed by atoms with Crippen LogP contribution < -0.4 is 21.7 Å². The number of carbonyl (C=O) groups is 4. The van der Waals surface area contributed by atoms with Gasteiger partial charge in [0.05, 0.1) is 25.1 Å². The van der Waals surface area contributed by atoms with Crippen LogP contribution >= 0.6 is 0 Å². The molecule has 4 unspecified atom stereocenters. The second-order valence-electron chi connectivity index (χ2n) is 5.97. The van der Waals surface area contributed by atoms with Gasteiger partial charge in [0.15, 0.2) is 0 Å². The van der Waals surface area contributed by atoms with Crippen LogP contribution in [0.4, 0.5) is 0 Å². The molecule has 1 aromatic heterocycles. The number of hydrogen-bond acceptors (Lipinski definition) is 8. The molecule has 1 heterocycles. The van der Waals surface area contributed by atoms with E-state index in [0.717, 1.165) is 0 Å². The van der Waals surface area contributed by atoms with Crippen LogP contribution in [0.3, 0.4) is 0 Å². The van der Waals surface area contributed by atoms with E-state index >= 15 is 0 Å². The van der Waals surface area contributed by atoms with Crippen molar-refractivity contribution in [3.63, 3.8) is 0 Å². The number of imidazole rings is 1. The molecule has 0 saturated carbocycles. The summed E-state index contributed by atoms with van der Waals surface area (Å²) in [6.07, 6.45) is 1.64. The third kappa shape index (κ3) is 7.30. The van der Waals surface area contributed by atoms with Crippen LogP contribution in [0.25, 0.3) is 0 Å². The average Bonchev–Trinajstić information content (AvgIpc) is 3.14. The van der Waals surface area contributed by atoms with E-state index in [1.807, 2.05) is 5.32 Å². The number of aliphatic hydroxyl groups excluding tert-OH is 2. The number of aromatic amines is 1. The number of rotatable bonds is 11. The fraction of sp³-hybridized carbons (Fsp3) is 0.533. The summed E-state index contributed by atoms with van der Waals surface area (Å²) in [5.74, 6) is -3.94. The highest BCUT2D eigenvalue weighted by atomic mass is 16.4. The monoisotopic (exact) mass is 400 g/mol. The van der Waals surface area contributed by atoms with Crippen LogP contribution in [0.2, 0.25) is 0 Å². The van der Waals surface area contributed by atoms with Crippen molar-refractivity contribution in [2.24, 2.45) is 5.73 Å². The van der Waals surface area contributed by atoms with E-state index in [1.165, 1.54) is 19.4 Å². The summed E-state index contributed by atoms with van der Waals surface area (Å²) in [6, 6.07) is -3.96. The van der Waals surface area contributed by atoms with Crippen molar-refractivity contribution < 1.29 is 34.5 Å². The molecule has 0 aliphatic rings. The molecule has 1 aromatic rings. The quantitative estimate of drug-likeness (QED) is 0.180. The topological polar surface area (TPSA) is 220 Å². The molecule has 0 saturated heterocycles. The van der Waals surface area contributed by atoms with Gasteiger partial charge in [-0.3, -0.25) is 19.2 Å². The molecule has 28 heavy (non-hydrogen) atoms. The number of nitrogens with one attached hydrogen (secondary N) is 4. The first kappa shape index (κ1) is 23.0. The van der Waals surface area contributed by atoms with Crippen LogP contribution in [0.15, 0.2) is 12.5 Å². The van der Waals surface area contributed by atoms with Crippen molar-refractivity contribution in [1.82, 2.24) is 25.9 Å². The Labute approximate surface area is 159 Å². The molecule has 0 aliphatic carbocycles. The maximum Gasteiger partial charge on any atom is 0.322 e. The van der Waals surface area contributed by atoms with Gasteiger partial charge in [0.25, 0.3) is 0 Å². The number of amides is 3. The second-order valence-corrected chi connectivity index (χ2v) is 5.97. The van der Waals surface area contributed by atoms with E-state index < -0.39 is 61.1 Å². The Balaban J connectivity index is 2.67. The van der Waals surface area contributed by atoms with Crippen molar-refractivity contribution in [1.29, 1.82) is 0 Å². The normalized spacial score (nSPS) is 15.0. The van der Waals surface area contributed by atoms with Gasteiger partial charge < -0.3 is 42.0 Å². The van der Waals surface area contributed by atoms with Crippen molar-refractivity contribution in [2.45, 2.75) is 37.6 Å². The fourth-order valence-corrected chi connectivity index (χ4v) is 2.13. The van der Waals surface area contributed by atoms with E-state index in [0.29, 0.717) is 5.69 Å². The van der Waals surface area contributed by atoms with E-state index in [-0.39, 0.29) is 6.42 Å². The van der Waals surface area contributed by atoms with Crippen LogP contribution in [-0.4, -0.2) is 86.4 Å². The summed E-state index contributed by atoms with van der Waals surface area (Å²) in [7, 11) is 0. The third-order valence-electron chi connectivity index (χ3n) is 3.62. The third-order valence-corrected chi connectivity index (χ3v) is 3.62. The van der Waals surface area contributed by atoms with Gasteiger partial charge >= 0.3 is 5.97 Å². The Morgan fingerprint density at radius 3 is 2.39 bits per heavy atom. The molecule has 0 radical (unpaired) electrons. The minimum absolute atomic E-state index is 0.111. The van der Waals surface area contributed by atoms with Crippen molar-refractivity contribution >= 4 is 23.7 Å². The molecule has 3 amide bonds. The zero-order valence-electron chi connectivity index (χ0n) is 15.1. The number of hydrogen-bond donors (Lipinski definition) is 8. The maximum absolute atomic E-state index is 12.3. The fourth-order valence-electron chi connectivity index (χ4n) is 2.13. The molecule has 0 aromatic carbocycles. The zero-order valence-corrected chi connectivity index (χ0v) is 15.1. The molecule has 4 atom stereocenters. The van der Waals surface area contributed by atoms with Gasteiger partial charge in [0.2, 0.25) is 17.7 Å². The SMILES string of the molecule is CC(O)C(NC(=O)C(CO)NC(=O)C(N)Cc1cnc[nH]1)C(=O)NCC(=O)O. The Morgan fingerprint density at radius 1 is 1.21 bits per heavy atom. The molecule has 0 fully saturated rings. The van der Waals surface area contributed by atoms with Crippen LogP contribution in [0.5, 0.6) is 0 Å². The van der Waals surface area contributed by atoms with Crippen LogP contribution in [0.1, 0.15) is 12.6 Å². The lowest BCUT2D eigenvalue weighted by Gasteiger charge is -2.24. The van der Waals surface area contributed by atoms with Gasteiger partial charge in [0.1, 0.15) is 18.6 Å². The summed E-state index contributed by atoms with van der Waals surface area (Å²) in [5, 5.41) is 34.0. The first-order valence-corrected chi connectivity index (χ1v) is 8.27. The van der Waals surface area contributed by atoms with E-state index in [2.05, 4.69) is 20.6 Å². The van der Waals surface area contributed by atoms with Gasteiger partial charge in [0, 0.05) is 18.3 Å². The van der Waals surface area contributed by atoms with E-state index in [9.17, 15) is 29.4 Å². The first-order chi connectivity index (χ1) is 13.1. The van der Waals surface area contributed by atoms with Crippen molar-refractivity contribution in [2.75, 3.05) is 13.2 Å². The highest BCUT2D eigenvalue weighted by Gasteiger charge is 2.30. The van der Waals surface area contributed by atoms with Crippen LogP contribution in [0, 0.1) is 0 Å². The summed E-state index contributed by atoms with van der Waals surface area (Å²) in [5.41, 5.74) is 6.34. The minimum atomic E-state index is -1.49. The Kier molecular flexibility index (Phi) is 9.01. The number of carboxylic acid groups (broad SMARTS) is 1. The predicted octanol–water partition coefficient (Wildman–Crippen LogP) is -4.18. The van der Waals surface area contributed by atoms with Gasteiger partial charge in [-0.2, -0.15) is 0 Å².